The number of hydrogen-bond acceptors (Lipinski definition) is 0. The number of aromatic nitrogens is 1. The molecular weight excluding hydrogens is 290 g/mol. The first-order valence-electron chi connectivity index (χ1n) is 8.70. The number of aryl methyl sites for hydroxylation is 3. The highest BCUT2D eigenvalue weighted by molar-refractivity contribution is 6.13. The van der Waals surface area contributed by atoms with Crippen molar-refractivity contribution < 1.29 is 0 Å². The first kappa shape index (κ1) is 13.9. The van der Waals surface area contributed by atoms with Gasteiger partial charge in [0.2, 0.25) is 0 Å². The summed E-state index contributed by atoms with van der Waals surface area (Å²) in [5, 5.41) is 2.81. The Morgan fingerprint density at radius 2 is 1.58 bits per heavy atom. The van der Waals surface area contributed by atoms with Gasteiger partial charge in [0, 0.05) is 29.3 Å². The van der Waals surface area contributed by atoms with Gasteiger partial charge in [-0.2, -0.15) is 0 Å². The summed E-state index contributed by atoms with van der Waals surface area (Å²) in [6, 6.07) is 17.7. The molecule has 0 saturated carbocycles. The number of hydrogen-bond donors (Lipinski definition) is 0. The molecule has 1 unspecified atom stereocenters. The largest absolute Gasteiger partial charge is 0.343 e. The molecule has 24 heavy (non-hydrogen) atoms. The van der Waals surface area contributed by atoms with E-state index in [-0.39, 0.29) is 0 Å². The Morgan fingerprint density at radius 1 is 0.875 bits per heavy atom. The molecule has 0 amide bonds. The molecule has 1 aliphatic rings. The van der Waals surface area contributed by atoms with Gasteiger partial charge in [-0.3, -0.25) is 0 Å². The molecule has 0 aliphatic heterocycles. The molecule has 0 saturated heterocycles. The molecule has 3 aromatic carbocycles. The molecule has 1 aromatic heterocycles. The third kappa shape index (κ3) is 1.46. The minimum absolute atomic E-state index is 0.471. The number of rotatable bonds is 0. The zero-order chi connectivity index (χ0) is 16.6. The maximum atomic E-state index is 2.37. The highest BCUT2D eigenvalue weighted by atomic mass is 14.9. The summed E-state index contributed by atoms with van der Waals surface area (Å²) in [6.45, 7) is 6.97. The van der Waals surface area contributed by atoms with E-state index >= 15 is 0 Å². The fourth-order valence-corrected chi connectivity index (χ4v) is 5.00. The van der Waals surface area contributed by atoms with Gasteiger partial charge in [-0.1, -0.05) is 49.4 Å². The zero-order valence-electron chi connectivity index (χ0n) is 14.6. The predicted molar refractivity (Wildman–Crippen MR) is 103 cm³/mol. The summed E-state index contributed by atoms with van der Waals surface area (Å²) in [7, 11) is 2.20. The van der Waals surface area contributed by atoms with Crippen molar-refractivity contribution in [1.82, 2.24) is 4.57 Å². The smallest absolute Gasteiger partial charge is 0.0527 e. The van der Waals surface area contributed by atoms with Crippen molar-refractivity contribution in [2.24, 2.45) is 7.05 Å². The lowest BCUT2D eigenvalue weighted by molar-refractivity contribution is 0.945. The molecule has 1 nitrogen and oxygen atoms in total. The number of benzene rings is 3. The van der Waals surface area contributed by atoms with Gasteiger partial charge in [0.25, 0.3) is 0 Å². The van der Waals surface area contributed by atoms with Gasteiger partial charge < -0.3 is 4.57 Å². The summed E-state index contributed by atoms with van der Waals surface area (Å²) in [5.41, 5.74) is 11.5. The molecule has 0 N–H and O–H groups in total. The van der Waals surface area contributed by atoms with Gasteiger partial charge in [0.15, 0.2) is 0 Å². The van der Waals surface area contributed by atoms with Gasteiger partial charge in [-0.25, -0.2) is 0 Å². The van der Waals surface area contributed by atoms with Crippen LogP contribution in [0, 0.1) is 13.8 Å². The van der Waals surface area contributed by atoms with E-state index in [4.69, 9.17) is 0 Å². The number of fused-ring (bicyclic) bond motifs is 6. The van der Waals surface area contributed by atoms with E-state index in [1.807, 2.05) is 0 Å². The molecule has 4 aromatic rings. The maximum Gasteiger partial charge on any atom is 0.0527 e. The maximum absolute atomic E-state index is 2.37. The van der Waals surface area contributed by atoms with Crippen molar-refractivity contribution in [2.75, 3.05) is 0 Å². The molecule has 0 fully saturated rings. The molecule has 1 aliphatic carbocycles. The average Bonchev–Trinajstić information content (AvgIpc) is 3.07. The molecule has 0 bridgehead atoms. The van der Waals surface area contributed by atoms with E-state index in [9.17, 15) is 0 Å². The topological polar surface area (TPSA) is 4.93 Å². The fraction of sp³-hybridized carbons (Fsp3) is 0.217. The Bertz CT molecular complexity index is 1140. The molecule has 0 radical (unpaired) electrons. The lowest BCUT2D eigenvalue weighted by Crippen LogP contribution is -1.98. The second-order valence-corrected chi connectivity index (χ2v) is 7.15. The van der Waals surface area contributed by atoms with E-state index in [2.05, 4.69) is 80.9 Å². The van der Waals surface area contributed by atoms with Crippen LogP contribution in [0.25, 0.3) is 32.9 Å². The van der Waals surface area contributed by atoms with Crippen LogP contribution in [0.2, 0.25) is 0 Å². The van der Waals surface area contributed by atoms with Crippen LogP contribution in [-0.2, 0) is 7.05 Å². The Hall–Kier alpha value is -2.54. The van der Waals surface area contributed by atoms with Crippen molar-refractivity contribution in [3.05, 3.63) is 70.8 Å². The Morgan fingerprint density at radius 3 is 2.42 bits per heavy atom. The molecular formula is C23H21N. The van der Waals surface area contributed by atoms with E-state index in [1.54, 1.807) is 0 Å². The Balaban J connectivity index is 2.06. The third-order valence-electron chi connectivity index (χ3n) is 6.02. The Labute approximate surface area is 142 Å². The van der Waals surface area contributed by atoms with Crippen LogP contribution in [-0.4, -0.2) is 4.57 Å². The molecule has 1 heteroatoms. The van der Waals surface area contributed by atoms with Crippen LogP contribution >= 0.6 is 0 Å². The van der Waals surface area contributed by atoms with Crippen molar-refractivity contribution in [2.45, 2.75) is 26.7 Å². The normalized spacial score (nSPS) is 15.9. The van der Waals surface area contributed by atoms with E-state index in [0.717, 1.165) is 0 Å². The van der Waals surface area contributed by atoms with Crippen molar-refractivity contribution in [3.63, 3.8) is 0 Å². The monoisotopic (exact) mass is 311 g/mol. The van der Waals surface area contributed by atoms with Gasteiger partial charge in [-0.15, -0.1) is 0 Å². The van der Waals surface area contributed by atoms with Gasteiger partial charge >= 0.3 is 0 Å². The van der Waals surface area contributed by atoms with Gasteiger partial charge in [0.1, 0.15) is 0 Å². The van der Waals surface area contributed by atoms with Crippen LogP contribution in [0.1, 0.15) is 35.1 Å². The van der Waals surface area contributed by atoms with Crippen LogP contribution in [0.4, 0.5) is 0 Å². The van der Waals surface area contributed by atoms with Crippen molar-refractivity contribution >= 4 is 21.8 Å². The minimum Gasteiger partial charge on any atom is -0.343 e. The van der Waals surface area contributed by atoms with Gasteiger partial charge in [0.05, 0.1) is 5.52 Å². The van der Waals surface area contributed by atoms with E-state index < -0.39 is 0 Å². The predicted octanol–water partition coefficient (Wildman–Crippen LogP) is 6.08. The first-order chi connectivity index (χ1) is 11.6. The van der Waals surface area contributed by atoms with Crippen molar-refractivity contribution in [3.8, 4) is 11.1 Å². The van der Waals surface area contributed by atoms with Crippen LogP contribution < -0.4 is 0 Å². The molecule has 1 atom stereocenters. The SMILES string of the molecule is Cc1c2c(c(C)c3c1c1ccccc1n3C)-c1ccccc1C2C. The molecule has 118 valence electrons. The number of nitrogens with zero attached hydrogens (tertiary/aromatic N) is 1. The fourth-order valence-electron chi connectivity index (χ4n) is 5.00. The molecule has 1 heterocycles. The number of para-hydroxylation sites is 1. The van der Waals surface area contributed by atoms with Gasteiger partial charge in [-0.05, 0) is 53.3 Å². The molecule has 0 spiro atoms. The van der Waals surface area contributed by atoms with Crippen LogP contribution in [0.5, 0.6) is 0 Å². The van der Waals surface area contributed by atoms with Crippen molar-refractivity contribution in [1.29, 1.82) is 0 Å². The first-order valence-corrected chi connectivity index (χ1v) is 8.70. The highest BCUT2D eigenvalue weighted by Gasteiger charge is 2.31. The second kappa shape index (κ2) is 4.51. The second-order valence-electron chi connectivity index (χ2n) is 7.15. The highest BCUT2D eigenvalue weighted by Crippen LogP contribution is 2.51. The quantitative estimate of drug-likeness (QED) is 0.371. The summed E-state index contributed by atoms with van der Waals surface area (Å²) < 4.78 is 2.37. The standard InChI is InChI=1S/C23H21N/c1-13-16-9-5-6-10-17(16)21-15(3)23-22(14(2)20(13)21)18-11-7-8-12-19(18)24(23)4/h5-13H,1-4H3. The lowest BCUT2D eigenvalue weighted by atomic mass is 9.89. The van der Waals surface area contributed by atoms with Crippen LogP contribution in [0.3, 0.4) is 0 Å². The summed E-state index contributed by atoms with van der Waals surface area (Å²) in [6.07, 6.45) is 0. The summed E-state index contributed by atoms with van der Waals surface area (Å²) >= 11 is 0. The lowest BCUT2D eigenvalue weighted by Gasteiger charge is -2.15. The third-order valence-corrected chi connectivity index (χ3v) is 6.02. The van der Waals surface area contributed by atoms with E-state index in [1.165, 1.54) is 55.2 Å². The van der Waals surface area contributed by atoms with Crippen LogP contribution in [0.15, 0.2) is 48.5 Å². The minimum atomic E-state index is 0.471. The molecule has 5 rings (SSSR count). The zero-order valence-corrected chi connectivity index (χ0v) is 14.6. The Kier molecular flexibility index (Phi) is 2.60. The average molecular weight is 311 g/mol. The van der Waals surface area contributed by atoms with E-state index in [0.29, 0.717) is 5.92 Å². The summed E-state index contributed by atoms with van der Waals surface area (Å²) in [5.74, 6) is 0.471. The summed E-state index contributed by atoms with van der Waals surface area (Å²) in [4.78, 5) is 0.